The molecule has 1 heterocycles. The number of nitrogens with two attached hydrogens (primary N) is 1. The summed E-state index contributed by atoms with van der Waals surface area (Å²) in [6.07, 6.45) is -3.21. The van der Waals surface area contributed by atoms with Crippen molar-refractivity contribution in [3.63, 3.8) is 0 Å². The van der Waals surface area contributed by atoms with Gasteiger partial charge in [-0.05, 0) is 17.7 Å². The average molecular weight is 365 g/mol. The highest BCUT2D eigenvalue weighted by Gasteiger charge is 2.22. The summed E-state index contributed by atoms with van der Waals surface area (Å²) in [5.41, 5.74) is 2.82. The number of alkyl carbamates (subject to hydrolysis) is 1. The van der Waals surface area contributed by atoms with E-state index in [9.17, 15) is 19.8 Å². The van der Waals surface area contributed by atoms with Gasteiger partial charge in [0.25, 0.3) is 5.91 Å². The monoisotopic (exact) mass is 365 g/mol. The number of hydrogen-bond donors (Lipinski definition) is 5. The highest BCUT2D eigenvalue weighted by atomic mass is 32.1. The lowest BCUT2D eigenvalue weighted by atomic mass is 10.1. The zero-order chi connectivity index (χ0) is 18.2. The van der Waals surface area contributed by atoms with Gasteiger partial charge in [0, 0.05) is 11.4 Å². The van der Waals surface area contributed by atoms with E-state index in [4.69, 9.17) is 10.6 Å². The van der Waals surface area contributed by atoms with Crippen molar-refractivity contribution in [2.45, 2.75) is 18.8 Å². The van der Waals surface area contributed by atoms with E-state index in [1.54, 1.807) is 0 Å². The molecule has 2 unspecified atom stereocenters. The Labute approximate surface area is 148 Å². The molecule has 1 aromatic carbocycles. The maximum Gasteiger partial charge on any atom is 0.407 e. The molecule has 25 heavy (non-hydrogen) atoms. The summed E-state index contributed by atoms with van der Waals surface area (Å²) in [7, 11) is 0. The average Bonchev–Trinajstić information content (AvgIpc) is 3.14. The molecule has 0 aliphatic carbocycles. The van der Waals surface area contributed by atoms with Crippen molar-refractivity contribution in [3.05, 3.63) is 57.8 Å². The number of benzene rings is 1. The fraction of sp³-hybridized carbons (Fsp3) is 0.250. The van der Waals surface area contributed by atoms with Crippen LogP contribution in [-0.4, -0.2) is 34.9 Å². The van der Waals surface area contributed by atoms with Crippen LogP contribution in [0.5, 0.6) is 0 Å². The van der Waals surface area contributed by atoms with Gasteiger partial charge in [-0.15, -0.1) is 11.3 Å². The molecule has 0 aliphatic rings. The molecule has 0 saturated carbocycles. The molecule has 2 atom stereocenters. The van der Waals surface area contributed by atoms with E-state index < -0.39 is 24.2 Å². The zero-order valence-corrected chi connectivity index (χ0v) is 14.0. The Kier molecular flexibility index (Phi) is 6.90. The molecular weight excluding hydrogens is 346 g/mol. The number of hydrogen-bond acceptors (Lipinski definition) is 7. The number of nitrogens with one attached hydrogen (secondary N) is 2. The quantitative estimate of drug-likeness (QED) is 0.278. The van der Waals surface area contributed by atoms with Gasteiger partial charge in [-0.3, -0.25) is 10.2 Å². The van der Waals surface area contributed by atoms with Gasteiger partial charge in [0.1, 0.15) is 18.8 Å². The molecule has 0 bridgehead atoms. The van der Waals surface area contributed by atoms with E-state index >= 15 is 0 Å². The predicted molar refractivity (Wildman–Crippen MR) is 91.6 cm³/mol. The van der Waals surface area contributed by atoms with Crippen molar-refractivity contribution in [1.82, 2.24) is 10.7 Å². The van der Waals surface area contributed by atoms with Crippen molar-refractivity contribution in [1.29, 1.82) is 0 Å². The first-order chi connectivity index (χ1) is 12.0. The van der Waals surface area contributed by atoms with Crippen LogP contribution in [0.3, 0.4) is 0 Å². The summed E-state index contributed by atoms with van der Waals surface area (Å²) in [4.78, 5) is 23.7. The van der Waals surface area contributed by atoms with Crippen LogP contribution in [0.1, 0.15) is 26.2 Å². The molecule has 0 saturated heterocycles. The second-order valence-electron chi connectivity index (χ2n) is 5.13. The van der Waals surface area contributed by atoms with Gasteiger partial charge in [0.2, 0.25) is 0 Å². The zero-order valence-electron chi connectivity index (χ0n) is 13.2. The Morgan fingerprint density at radius 2 is 1.88 bits per heavy atom. The summed E-state index contributed by atoms with van der Waals surface area (Å²) in [5, 5.41) is 22.4. The molecule has 2 amide bonds. The fourth-order valence-corrected chi connectivity index (χ4v) is 2.92. The fourth-order valence-electron chi connectivity index (χ4n) is 1.97. The number of hydrazine groups is 1. The third-order valence-corrected chi connectivity index (χ3v) is 4.46. The minimum atomic E-state index is -1.25. The molecule has 2 aromatic rings. The van der Waals surface area contributed by atoms with Crippen molar-refractivity contribution in [2.75, 3.05) is 6.54 Å². The summed E-state index contributed by atoms with van der Waals surface area (Å²) in [6.45, 7) is -0.0983. The van der Waals surface area contributed by atoms with Crippen LogP contribution >= 0.6 is 11.3 Å². The van der Waals surface area contributed by atoms with Gasteiger partial charge in [-0.2, -0.15) is 0 Å². The lowest BCUT2D eigenvalue weighted by molar-refractivity contribution is 0.0205. The maximum absolute atomic E-state index is 11.6. The second kappa shape index (κ2) is 9.14. The van der Waals surface area contributed by atoms with Crippen LogP contribution in [0.4, 0.5) is 4.79 Å². The predicted octanol–water partition coefficient (Wildman–Crippen LogP) is 0.672. The van der Waals surface area contributed by atoms with Gasteiger partial charge in [0.05, 0.1) is 4.88 Å². The van der Waals surface area contributed by atoms with Gasteiger partial charge in [0.15, 0.2) is 0 Å². The Hall–Kier alpha value is -2.46. The first-order valence-corrected chi connectivity index (χ1v) is 8.24. The molecule has 0 aliphatic heterocycles. The van der Waals surface area contributed by atoms with Crippen LogP contribution in [0.25, 0.3) is 0 Å². The number of carbonyl (C=O) groups is 2. The molecule has 2 rings (SSSR count). The standard InChI is InChI=1S/C16H19N3O5S/c17-19-15(22)13-7-6-12(25-13)14(21)11(20)8-18-16(23)24-9-10-4-2-1-3-5-10/h1-7,11,14,20-21H,8-9,17H2,(H,18,23)(H,19,22). The van der Waals surface area contributed by atoms with E-state index in [1.165, 1.54) is 12.1 Å². The van der Waals surface area contributed by atoms with Crippen LogP contribution < -0.4 is 16.6 Å². The number of aliphatic hydroxyl groups is 2. The van der Waals surface area contributed by atoms with E-state index in [0.29, 0.717) is 9.75 Å². The van der Waals surface area contributed by atoms with E-state index in [0.717, 1.165) is 16.9 Å². The van der Waals surface area contributed by atoms with Crippen LogP contribution in [0, 0.1) is 0 Å². The number of rotatable bonds is 7. The topological polar surface area (TPSA) is 134 Å². The molecule has 6 N–H and O–H groups in total. The Bertz CT molecular complexity index is 707. The van der Waals surface area contributed by atoms with Crippen molar-refractivity contribution >= 4 is 23.3 Å². The lowest BCUT2D eigenvalue weighted by Crippen LogP contribution is -2.35. The third kappa shape index (κ3) is 5.54. The van der Waals surface area contributed by atoms with Crippen molar-refractivity contribution < 1.29 is 24.5 Å². The third-order valence-electron chi connectivity index (χ3n) is 3.31. The first-order valence-electron chi connectivity index (χ1n) is 7.42. The Morgan fingerprint density at radius 1 is 1.16 bits per heavy atom. The number of thiophene rings is 1. The molecule has 0 spiro atoms. The summed E-state index contributed by atoms with van der Waals surface area (Å²) >= 11 is 0.998. The number of aliphatic hydroxyl groups excluding tert-OH is 2. The van der Waals surface area contributed by atoms with Crippen LogP contribution in [0.15, 0.2) is 42.5 Å². The summed E-state index contributed by atoms with van der Waals surface area (Å²) in [5.74, 6) is 4.55. The van der Waals surface area contributed by atoms with Gasteiger partial charge < -0.3 is 20.3 Å². The minimum Gasteiger partial charge on any atom is -0.445 e. The molecule has 8 nitrogen and oxygen atoms in total. The van der Waals surface area contributed by atoms with Crippen LogP contribution in [0.2, 0.25) is 0 Å². The van der Waals surface area contributed by atoms with Gasteiger partial charge >= 0.3 is 6.09 Å². The largest absolute Gasteiger partial charge is 0.445 e. The number of amides is 2. The highest BCUT2D eigenvalue weighted by molar-refractivity contribution is 7.14. The first kappa shape index (κ1) is 18.9. The SMILES string of the molecule is NNC(=O)c1ccc(C(O)C(O)CNC(=O)OCc2ccccc2)s1. The van der Waals surface area contributed by atoms with Crippen molar-refractivity contribution in [3.8, 4) is 0 Å². The maximum atomic E-state index is 11.6. The van der Waals surface area contributed by atoms with Crippen LogP contribution in [-0.2, 0) is 11.3 Å². The summed E-state index contributed by atoms with van der Waals surface area (Å²) < 4.78 is 5.01. The molecule has 1 aromatic heterocycles. The summed E-state index contributed by atoms with van der Waals surface area (Å²) in [6, 6.07) is 12.1. The molecule has 134 valence electrons. The van der Waals surface area contributed by atoms with Crippen molar-refractivity contribution in [2.24, 2.45) is 5.84 Å². The van der Waals surface area contributed by atoms with Gasteiger partial charge in [-0.25, -0.2) is 10.6 Å². The van der Waals surface area contributed by atoms with E-state index in [-0.39, 0.29) is 13.2 Å². The lowest BCUT2D eigenvalue weighted by Gasteiger charge is -2.17. The van der Waals surface area contributed by atoms with E-state index in [1.807, 2.05) is 35.8 Å². The number of nitrogen functional groups attached to an aromatic ring is 1. The molecule has 9 heteroatoms. The number of ether oxygens (including phenoxy) is 1. The Morgan fingerprint density at radius 3 is 2.56 bits per heavy atom. The van der Waals surface area contributed by atoms with Gasteiger partial charge in [-0.1, -0.05) is 30.3 Å². The number of carbonyl (C=O) groups excluding carboxylic acids is 2. The second-order valence-corrected chi connectivity index (χ2v) is 6.25. The molecular formula is C16H19N3O5S. The highest BCUT2D eigenvalue weighted by Crippen LogP contribution is 2.25. The Balaban J connectivity index is 1.78. The normalized spacial score (nSPS) is 12.9. The minimum absolute atomic E-state index is 0.105. The molecule has 0 fully saturated rings. The molecule has 0 radical (unpaired) electrons. The van der Waals surface area contributed by atoms with E-state index in [2.05, 4.69) is 5.32 Å². The smallest absolute Gasteiger partial charge is 0.407 e.